The van der Waals surface area contributed by atoms with E-state index in [9.17, 15) is 9.59 Å². The maximum absolute atomic E-state index is 12.2. The number of hydrogen-bond donors (Lipinski definition) is 1. The van der Waals surface area contributed by atoms with E-state index in [4.69, 9.17) is 9.47 Å². The summed E-state index contributed by atoms with van der Waals surface area (Å²) in [5.41, 5.74) is -0.477. The Hall–Kier alpha value is -1.52. The lowest BCUT2D eigenvalue weighted by Gasteiger charge is -2.29. The molecule has 0 spiro atoms. The lowest BCUT2D eigenvalue weighted by molar-refractivity contribution is -0.130. The number of carbonyl (C=O) groups excluding carboxylic acids is 2. The molecule has 2 unspecified atom stereocenters. The number of allylic oxidation sites excluding steroid dienone is 1. The molecule has 0 bridgehead atoms. The number of nitrogens with one attached hydrogen (secondary N) is 1. The fraction of sp³-hybridized carbons (Fsp3) is 0.765. The van der Waals surface area contributed by atoms with E-state index in [-0.39, 0.29) is 18.1 Å². The molecule has 0 saturated carbocycles. The van der Waals surface area contributed by atoms with Gasteiger partial charge in [0.05, 0.1) is 12.1 Å². The fourth-order valence-electron chi connectivity index (χ4n) is 2.15. The SMILES string of the molecule is CC(C)OC(=O)OC1/C=C/CCCCC1NC(=O)C(C)(C)C. The summed E-state index contributed by atoms with van der Waals surface area (Å²) in [6.45, 7) is 9.14. The summed E-state index contributed by atoms with van der Waals surface area (Å²) < 4.78 is 10.4. The molecule has 0 saturated heterocycles. The van der Waals surface area contributed by atoms with E-state index < -0.39 is 17.7 Å². The van der Waals surface area contributed by atoms with Gasteiger partial charge in [-0.3, -0.25) is 4.79 Å². The molecule has 5 heteroatoms. The molecule has 0 aliphatic heterocycles. The van der Waals surface area contributed by atoms with Crippen LogP contribution < -0.4 is 5.32 Å². The molecule has 126 valence electrons. The third-order valence-corrected chi connectivity index (χ3v) is 3.42. The summed E-state index contributed by atoms with van der Waals surface area (Å²) in [6.07, 6.45) is 6.24. The monoisotopic (exact) mass is 311 g/mol. The molecular weight excluding hydrogens is 282 g/mol. The first-order valence-electron chi connectivity index (χ1n) is 8.05. The minimum atomic E-state index is -0.694. The second kappa shape index (κ2) is 8.20. The Morgan fingerprint density at radius 2 is 1.91 bits per heavy atom. The third-order valence-electron chi connectivity index (χ3n) is 3.42. The average Bonchev–Trinajstić information content (AvgIpc) is 2.34. The summed E-state index contributed by atoms with van der Waals surface area (Å²) in [5, 5.41) is 3.01. The Morgan fingerprint density at radius 1 is 1.23 bits per heavy atom. The topological polar surface area (TPSA) is 64.6 Å². The first-order valence-corrected chi connectivity index (χ1v) is 8.05. The Morgan fingerprint density at radius 3 is 2.50 bits per heavy atom. The Kier molecular flexibility index (Phi) is 6.91. The van der Waals surface area contributed by atoms with Gasteiger partial charge in [-0.25, -0.2) is 4.79 Å². The highest BCUT2D eigenvalue weighted by Crippen LogP contribution is 2.19. The minimum absolute atomic E-state index is 0.0442. The molecule has 0 radical (unpaired) electrons. The predicted molar refractivity (Wildman–Crippen MR) is 85.5 cm³/mol. The molecule has 1 aliphatic rings. The maximum atomic E-state index is 12.2. The van der Waals surface area contributed by atoms with Gasteiger partial charge in [0, 0.05) is 5.41 Å². The fourth-order valence-corrected chi connectivity index (χ4v) is 2.15. The van der Waals surface area contributed by atoms with Crippen LogP contribution in [-0.4, -0.2) is 30.3 Å². The van der Waals surface area contributed by atoms with E-state index in [0.717, 1.165) is 25.7 Å². The van der Waals surface area contributed by atoms with Crippen molar-refractivity contribution >= 4 is 12.1 Å². The van der Waals surface area contributed by atoms with Crippen molar-refractivity contribution in [3.05, 3.63) is 12.2 Å². The highest BCUT2D eigenvalue weighted by atomic mass is 16.7. The molecule has 0 aromatic carbocycles. The zero-order chi connectivity index (χ0) is 16.8. The first-order chi connectivity index (χ1) is 10.2. The average molecular weight is 311 g/mol. The normalized spacial score (nSPS) is 24.1. The van der Waals surface area contributed by atoms with E-state index in [1.807, 2.05) is 32.9 Å². The lowest BCUT2D eigenvalue weighted by atomic mass is 9.93. The van der Waals surface area contributed by atoms with Gasteiger partial charge in [0.2, 0.25) is 5.91 Å². The van der Waals surface area contributed by atoms with Crippen LogP contribution in [0.2, 0.25) is 0 Å². The third kappa shape index (κ3) is 6.50. The number of rotatable bonds is 3. The van der Waals surface area contributed by atoms with E-state index in [2.05, 4.69) is 5.32 Å². The number of ether oxygens (including phenoxy) is 2. The summed E-state index contributed by atoms with van der Waals surface area (Å²) >= 11 is 0. The van der Waals surface area contributed by atoms with E-state index >= 15 is 0 Å². The number of amides is 1. The second-order valence-corrected chi connectivity index (χ2v) is 7.04. The van der Waals surface area contributed by atoms with Crippen LogP contribution in [0, 0.1) is 5.41 Å². The van der Waals surface area contributed by atoms with Crippen molar-refractivity contribution in [2.75, 3.05) is 0 Å². The molecule has 0 heterocycles. The number of carbonyl (C=O) groups is 2. The largest absolute Gasteiger partial charge is 0.509 e. The molecule has 1 amide bonds. The first kappa shape index (κ1) is 18.5. The van der Waals surface area contributed by atoms with Crippen molar-refractivity contribution in [3.8, 4) is 0 Å². The van der Waals surface area contributed by atoms with Crippen molar-refractivity contribution in [2.45, 2.75) is 78.6 Å². The maximum Gasteiger partial charge on any atom is 0.509 e. The van der Waals surface area contributed by atoms with Crippen molar-refractivity contribution in [1.29, 1.82) is 0 Å². The van der Waals surface area contributed by atoms with Gasteiger partial charge in [0.1, 0.15) is 6.10 Å². The summed E-state index contributed by atoms with van der Waals surface area (Å²) in [4.78, 5) is 24.0. The van der Waals surface area contributed by atoms with E-state index in [0.29, 0.717) is 0 Å². The predicted octanol–water partition coefficient (Wildman–Crippen LogP) is 3.58. The van der Waals surface area contributed by atoms with Crippen LogP contribution in [-0.2, 0) is 14.3 Å². The van der Waals surface area contributed by atoms with Crippen molar-refractivity contribution < 1.29 is 19.1 Å². The standard InChI is InChI=1S/C17H29NO4/c1-12(2)21-16(20)22-14-11-9-7-6-8-10-13(14)18-15(19)17(3,4)5/h9,11-14H,6-8,10H2,1-5H3,(H,18,19)/b11-9+. The Bertz CT molecular complexity index is 409. The van der Waals surface area contributed by atoms with Crippen molar-refractivity contribution in [3.63, 3.8) is 0 Å². The molecule has 1 rings (SSSR count). The number of hydrogen-bond acceptors (Lipinski definition) is 4. The van der Waals surface area contributed by atoms with Gasteiger partial charge in [-0.05, 0) is 39.2 Å². The quantitative estimate of drug-likeness (QED) is 0.639. The zero-order valence-electron chi connectivity index (χ0n) is 14.3. The summed E-state index contributed by atoms with van der Waals surface area (Å²) in [5.74, 6) is -0.0442. The van der Waals surface area contributed by atoms with E-state index in [1.54, 1.807) is 13.8 Å². The van der Waals surface area contributed by atoms with Gasteiger partial charge in [-0.1, -0.05) is 33.3 Å². The molecule has 2 atom stereocenters. The second-order valence-electron chi connectivity index (χ2n) is 7.04. The Balaban J connectivity index is 2.78. The van der Waals surface area contributed by atoms with Crippen LogP contribution in [0.5, 0.6) is 0 Å². The highest BCUT2D eigenvalue weighted by molar-refractivity contribution is 5.81. The van der Waals surface area contributed by atoms with Crippen LogP contribution in [0.4, 0.5) is 4.79 Å². The van der Waals surface area contributed by atoms with Gasteiger partial charge in [-0.2, -0.15) is 0 Å². The van der Waals surface area contributed by atoms with Crippen LogP contribution in [0.1, 0.15) is 60.3 Å². The van der Waals surface area contributed by atoms with Gasteiger partial charge < -0.3 is 14.8 Å². The summed E-state index contributed by atoms with van der Waals surface area (Å²) in [7, 11) is 0. The van der Waals surface area contributed by atoms with Gasteiger partial charge in [-0.15, -0.1) is 0 Å². The molecule has 22 heavy (non-hydrogen) atoms. The van der Waals surface area contributed by atoms with Crippen molar-refractivity contribution in [2.24, 2.45) is 5.41 Å². The molecular formula is C17H29NO4. The van der Waals surface area contributed by atoms with Crippen LogP contribution >= 0.6 is 0 Å². The molecule has 0 fully saturated rings. The van der Waals surface area contributed by atoms with Gasteiger partial charge in [0.25, 0.3) is 0 Å². The minimum Gasteiger partial charge on any atom is -0.432 e. The highest BCUT2D eigenvalue weighted by Gasteiger charge is 2.30. The lowest BCUT2D eigenvalue weighted by Crippen LogP contribution is -2.48. The van der Waals surface area contributed by atoms with Crippen molar-refractivity contribution in [1.82, 2.24) is 5.32 Å². The molecule has 0 aromatic heterocycles. The zero-order valence-corrected chi connectivity index (χ0v) is 14.3. The Labute approximate surface area is 133 Å². The molecule has 1 aliphatic carbocycles. The molecule has 0 aromatic rings. The van der Waals surface area contributed by atoms with Crippen LogP contribution in [0.25, 0.3) is 0 Å². The van der Waals surface area contributed by atoms with Crippen LogP contribution in [0.15, 0.2) is 12.2 Å². The van der Waals surface area contributed by atoms with E-state index in [1.165, 1.54) is 0 Å². The summed E-state index contributed by atoms with van der Waals surface area (Å²) in [6, 6.07) is -0.219. The van der Waals surface area contributed by atoms with Crippen LogP contribution in [0.3, 0.4) is 0 Å². The van der Waals surface area contributed by atoms with Gasteiger partial charge >= 0.3 is 6.16 Å². The molecule has 5 nitrogen and oxygen atoms in total. The smallest absolute Gasteiger partial charge is 0.432 e. The van der Waals surface area contributed by atoms with Gasteiger partial charge in [0.15, 0.2) is 0 Å². The molecule has 1 N–H and O–H groups in total.